The molecule has 2 aliphatic rings. The number of carbonyl (C=O) groups excluding carboxylic acids is 1. The van der Waals surface area contributed by atoms with Gasteiger partial charge in [0.25, 0.3) is 0 Å². The quantitative estimate of drug-likeness (QED) is 0.746. The summed E-state index contributed by atoms with van der Waals surface area (Å²) < 4.78 is 5.42. The van der Waals surface area contributed by atoms with Crippen LogP contribution in [0.4, 0.5) is 0 Å². The molecule has 2 nitrogen and oxygen atoms in total. The summed E-state index contributed by atoms with van der Waals surface area (Å²) >= 11 is 0. The molecule has 0 fully saturated rings. The van der Waals surface area contributed by atoms with Crippen molar-refractivity contribution in [1.29, 1.82) is 0 Å². The first-order chi connectivity index (χ1) is 9.48. The Hall–Kier alpha value is -1.57. The summed E-state index contributed by atoms with van der Waals surface area (Å²) in [6.45, 7) is 6.74. The van der Waals surface area contributed by atoms with Crippen LogP contribution in [0.25, 0.3) is 0 Å². The molecule has 0 saturated carbocycles. The van der Waals surface area contributed by atoms with E-state index in [0.717, 1.165) is 17.7 Å². The number of rotatable bonds is 2. The summed E-state index contributed by atoms with van der Waals surface area (Å²) in [6.07, 6.45) is 3.99. The van der Waals surface area contributed by atoms with Crippen molar-refractivity contribution in [1.82, 2.24) is 0 Å². The Morgan fingerprint density at radius 2 is 2.10 bits per heavy atom. The second-order valence-electron chi connectivity index (χ2n) is 6.67. The van der Waals surface area contributed by atoms with Crippen LogP contribution in [0, 0.1) is 11.3 Å². The minimum absolute atomic E-state index is 0.0516. The Balaban J connectivity index is 2.21. The van der Waals surface area contributed by atoms with E-state index in [9.17, 15) is 4.79 Å². The van der Waals surface area contributed by atoms with E-state index in [2.05, 4.69) is 32.9 Å². The number of methoxy groups -OCH3 is 1. The zero-order valence-electron chi connectivity index (χ0n) is 12.7. The van der Waals surface area contributed by atoms with Crippen molar-refractivity contribution in [3.05, 3.63) is 41.0 Å². The van der Waals surface area contributed by atoms with Crippen molar-refractivity contribution >= 4 is 5.78 Å². The molecule has 20 heavy (non-hydrogen) atoms. The van der Waals surface area contributed by atoms with E-state index in [1.54, 1.807) is 7.11 Å². The van der Waals surface area contributed by atoms with Crippen LogP contribution in [0.15, 0.2) is 29.8 Å². The number of carbonyl (C=O) groups is 1. The van der Waals surface area contributed by atoms with E-state index >= 15 is 0 Å². The van der Waals surface area contributed by atoms with Gasteiger partial charge in [-0.3, -0.25) is 4.79 Å². The highest BCUT2D eigenvalue weighted by Gasteiger charge is 2.48. The number of fused-ring (bicyclic) bond motifs is 3. The Labute approximate surface area is 120 Å². The fraction of sp³-hybridized carbons (Fsp3) is 0.500. The molecular weight excluding hydrogens is 248 g/mol. The first kappa shape index (κ1) is 13.4. The van der Waals surface area contributed by atoms with Crippen LogP contribution in [-0.4, -0.2) is 12.9 Å². The second kappa shape index (κ2) is 4.47. The van der Waals surface area contributed by atoms with E-state index in [1.807, 2.05) is 12.1 Å². The van der Waals surface area contributed by atoms with Crippen molar-refractivity contribution in [3.63, 3.8) is 0 Å². The van der Waals surface area contributed by atoms with Gasteiger partial charge in [-0.2, -0.15) is 0 Å². The lowest BCUT2D eigenvalue weighted by atomic mass is 9.63. The van der Waals surface area contributed by atoms with Crippen molar-refractivity contribution in [2.24, 2.45) is 11.3 Å². The molecule has 0 unspecified atom stereocenters. The first-order valence-corrected chi connectivity index (χ1v) is 7.38. The summed E-state index contributed by atoms with van der Waals surface area (Å²) in [5.41, 5.74) is 3.51. The predicted octanol–water partition coefficient (Wildman–Crippen LogP) is 4.36. The molecule has 2 heteroatoms. The van der Waals surface area contributed by atoms with Gasteiger partial charge in [-0.25, -0.2) is 0 Å². The highest BCUT2D eigenvalue weighted by molar-refractivity contribution is 6.02. The lowest BCUT2D eigenvalue weighted by Crippen LogP contribution is -2.33. The van der Waals surface area contributed by atoms with Gasteiger partial charge in [0.05, 0.1) is 12.7 Å². The van der Waals surface area contributed by atoms with Gasteiger partial charge in [0.2, 0.25) is 0 Å². The van der Waals surface area contributed by atoms with Gasteiger partial charge in [0, 0.05) is 12.3 Å². The molecule has 0 spiro atoms. The van der Waals surface area contributed by atoms with Crippen molar-refractivity contribution < 1.29 is 9.53 Å². The monoisotopic (exact) mass is 270 g/mol. The van der Waals surface area contributed by atoms with E-state index in [0.29, 0.717) is 18.3 Å². The standard InChI is InChI=1S/C18H22O2/c1-11(2)12-8-9-18(3)10-14(19)16-13(17(12)18)6-5-7-15(16)20-4/h5-8,11,17H,9-10H2,1-4H3/t17-,18+/m1/s1. The Bertz CT molecular complexity index is 597. The number of hydrogen-bond donors (Lipinski definition) is 0. The third kappa shape index (κ3) is 1.74. The molecule has 0 aromatic heterocycles. The molecule has 106 valence electrons. The molecular formula is C18H22O2. The lowest BCUT2D eigenvalue weighted by Gasteiger charge is -2.39. The minimum atomic E-state index is 0.0516. The third-order valence-corrected chi connectivity index (χ3v) is 4.93. The molecule has 0 aliphatic heterocycles. The summed E-state index contributed by atoms with van der Waals surface area (Å²) in [4.78, 5) is 12.6. The Morgan fingerprint density at radius 1 is 1.35 bits per heavy atom. The van der Waals surface area contributed by atoms with E-state index in [-0.39, 0.29) is 11.2 Å². The van der Waals surface area contributed by atoms with E-state index in [1.165, 1.54) is 11.1 Å². The molecule has 1 aromatic carbocycles. The van der Waals surface area contributed by atoms with Crippen molar-refractivity contribution in [3.8, 4) is 5.75 Å². The number of benzene rings is 1. The molecule has 0 radical (unpaired) electrons. The van der Waals surface area contributed by atoms with Gasteiger partial charge in [0.1, 0.15) is 5.75 Å². The largest absolute Gasteiger partial charge is 0.496 e. The minimum Gasteiger partial charge on any atom is -0.496 e. The second-order valence-corrected chi connectivity index (χ2v) is 6.67. The zero-order valence-corrected chi connectivity index (χ0v) is 12.7. The molecule has 2 aliphatic carbocycles. The van der Waals surface area contributed by atoms with Crippen LogP contribution in [0.5, 0.6) is 5.75 Å². The molecule has 1 aromatic rings. The highest BCUT2D eigenvalue weighted by Crippen LogP contribution is 2.57. The Morgan fingerprint density at radius 3 is 2.75 bits per heavy atom. The molecule has 0 amide bonds. The summed E-state index contributed by atoms with van der Waals surface area (Å²) in [6, 6.07) is 6.01. The first-order valence-electron chi connectivity index (χ1n) is 7.38. The molecule has 2 atom stereocenters. The van der Waals surface area contributed by atoms with Crippen LogP contribution >= 0.6 is 0 Å². The number of ether oxygens (including phenoxy) is 1. The highest BCUT2D eigenvalue weighted by atomic mass is 16.5. The molecule has 3 rings (SSSR count). The van der Waals surface area contributed by atoms with Gasteiger partial charge in [-0.15, -0.1) is 0 Å². The van der Waals surface area contributed by atoms with Crippen LogP contribution in [-0.2, 0) is 0 Å². The van der Waals surface area contributed by atoms with Crippen molar-refractivity contribution in [2.45, 2.75) is 39.5 Å². The third-order valence-electron chi connectivity index (χ3n) is 4.93. The lowest BCUT2D eigenvalue weighted by molar-refractivity contribution is 0.0885. The topological polar surface area (TPSA) is 26.3 Å². The fourth-order valence-corrected chi connectivity index (χ4v) is 4.00. The van der Waals surface area contributed by atoms with Gasteiger partial charge in [-0.1, -0.05) is 44.6 Å². The number of hydrogen-bond acceptors (Lipinski definition) is 2. The summed E-state index contributed by atoms with van der Waals surface area (Å²) in [5, 5.41) is 0. The SMILES string of the molecule is COc1cccc2c1C(=O)C[C@]1(C)CC=C(C(C)C)[C@H]21. The molecule has 0 saturated heterocycles. The van der Waals surface area contributed by atoms with Crippen LogP contribution in [0.3, 0.4) is 0 Å². The average Bonchev–Trinajstić information content (AvgIpc) is 2.75. The van der Waals surface area contributed by atoms with Gasteiger partial charge in [-0.05, 0) is 29.4 Å². The normalized spacial score (nSPS) is 28.1. The maximum Gasteiger partial charge on any atom is 0.167 e. The molecule has 0 heterocycles. The van der Waals surface area contributed by atoms with Crippen LogP contribution in [0.1, 0.15) is 55.5 Å². The molecule has 0 bridgehead atoms. The fourth-order valence-electron chi connectivity index (χ4n) is 4.00. The van der Waals surface area contributed by atoms with Gasteiger partial charge >= 0.3 is 0 Å². The average molecular weight is 270 g/mol. The number of allylic oxidation sites excluding steroid dienone is 2. The summed E-state index contributed by atoms with van der Waals surface area (Å²) in [7, 11) is 1.64. The smallest absolute Gasteiger partial charge is 0.167 e. The van der Waals surface area contributed by atoms with Gasteiger partial charge < -0.3 is 4.74 Å². The summed E-state index contributed by atoms with van der Waals surface area (Å²) in [5.74, 6) is 1.85. The Kier molecular flexibility index (Phi) is 3.00. The van der Waals surface area contributed by atoms with Crippen LogP contribution in [0.2, 0.25) is 0 Å². The maximum absolute atomic E-state index is 12.6. The van der Waals surface area contributed by atoms with Crippen LogP contribution < -0.4 is 4.74 Å². The van der Waals surface area contributed by atoms with E-state index < -0.39 is 0 Å². The predicted molar refractivity (Wildman–Crippen MR) is 80.3 cm³/mol. The zero-order chi connectivity index (χ0) is 14.5. The number of Topliss-reactive ketones (excluding diaryl/α,β-unsaturated/α-hetero) is 1. The van der Waals surface area contributed by atoms with Gasteiger partial charge in [0.15, 0.2) is 5.78 Å². The molecule has 0 N–H and O–H groups in total. The van der Waals surface area contributed by atoms with E-state index in [4.69, 9.17) is 4.74 Å². The van der Waals surface area contributed by atoms with Crippen molar-refractivity contribution in [2.75, 3.05) is 7.11 Å². The maximum atomic E-state index is 12.6. The number of ketones is 1.